The predicted molar refractivity (Wildman–Crippen MR) is 182 cm³/mol. The van der Waals surface area contributed by atoms with Gasteiger partial charge in [0.1, 0.15) is 23.0 Å². The van der Waals surface area contributed by atoms with Gasteiger partial charge in [-0.1, -0.05) is 74.6 Å². The zero-order chi connectivity index (χ0) is 34.8. The Morgan fingerprint density at radius 2 is 0.917 bits per heavy atom. The second kappa shape index (κ2) is 15.5. The number of rotatable bonds is 10. The van der Waals surface area contributed by atoms with Gasteiger partial charge in [0.05, 0.1) is 5.56 Å². The predicted octanol–water partition coefficient (Wildman–Crippen LogP) is 7.57. The molecule has 0 fully saturated rings. The molecule has 0 unspecified atom stereocenters. The van der Waals surface area contributed by atoms with E-state index in [4.69, 9.17) is 18.9 Å². The average molecular weight is 639 g/mol. The Morgan fingerprint density at radius 1 is 0.542 bits per heavy atom. The molecule has 0 saturated carbocycles. The Morgan fingerprint density at radius 3 is 1.31 bits per heavy atom. The minimum atomic E-state index is -0.697. The summed E-state index contributed by atoms with van der Waals surface area (Å²) in [7, 11) is 0. The van der Waals surface area contributed by atoms with Crippen LogP contribution in [0.25, 0.3) is 22.3 Å². The number of esters is 4. The van der Waals surface area contributed by atoms with Crippen LogP contribution in [0.5, 0.6) is 23.0 Å². The van der Waals surface area contributed by atoms with E-state index in [1.165, 1.54) is 26.0 Å². The Bertz CT molecular complexity index is 1950. The SMILES string of the molecule is C=CC(=O)Oc1ccc(-c2ccc(C#Cc3cc(OC(=O)C(=C)C)c(-c4ccc(OC(=O)C=C)cc4)c(OC(=O)C(=C)C)c3)cc2)cc1. The molecule has 4 rings (SSSR count). The number of hydrogen-bond donors (Lipinski definition) is 0. The molecule has 0 aliphatic rings. The topological polar surface area (TPSA) is 105 Å². The first-order chi connectivity index (χ1) is 23.0. The summed E-state index contributed by atoms with van der Waals surface area (Å²) in [6, 6.07) is 23.9. The highest BCUT2D eigenvalue weighted by atomic mass is 16.6. The fourth-order valence-corrected chi connectivity index (χ4v) is 4.09. The van der Waals surface area contributed by atoms with Gasteiger partial charge in [0.25, 0.3) is 0 Å². The van der Waals surface area contributed by atoms with E-state index in [0.717, 1.165) is 23.3 Å². The van der Waals surface area contributed by atoms with Crippen LogP contribution in [0.1, 0.15) is 25.0 Å². The van der Waals surface area contributed by atoms with Crippen LogP contribution >= 0.6 is 0 Å². The van der Waals surface area contributed by atoms with Crippen molar-refractivity contribution in [3.63, 3.8) is 0 Å². The van der Waals surface area contributed by atoms with Crippen molar-refractivity contribution >= 4 is 23.9 Å². The van der Waals surface area contributed by atoms with E-state index in [1.54, 1.807) is 36.4 Å². The molecule has 4 aromatic carbocycles. The second-order valence-corrected chi connectivity index (χ2v) is 10.3. The molecule has 8 nitrogen and oxygen atoms in total. The van der Waals surface area contributed by atoms with Crippen molar-refractivity contribution < 1.29 is 38.1 Å². The molecule has 0 aromatic heterocycles. The van der Waals surface area contributed by atoms with Crippen LogP contribution < -0.4 is 18.9 Å². The van der Waals surface area contributed by atoms with Crippen LogP contribution in [0, 0.1) is 11.8 Å². The Kier molecular flexibility index (Phi) is 11.0. The van der Waals surface area contributed by atoms with Gasteiger partial charge in [-0.25, -0.2) is 19.2 Å². The maximum Gasteiger partial charge on any atom is 0.338 e. The van der Waals surface area contributed by atoms with E-state index in [0.29, 0.717) is 22.4 Å². The van der Waals surface area contributed by atoms with Crippen molar-refractivity contribution in [2.45, 2.75) is 13.8 Å². The zero-order valence-electron chi connectivity index (χ0n) is 26.3. The molecule has 0 aliphatic heterocycles. The second-order valence-electron chi connectivity index (χ2n) is 10.3. The van der Waals surface area contributed by atoms with Crippen molar-refractivity contribution in [3.05, 3.63) is 146 Å². The largest absolute Gasteiger partial charge is 0.423 e. The first kappa shape index (κ1) is 34.2. The molecule has 0 radical (unpaired) electrons. The lowest BCUT2D eigenvalue weighted by molar-refractivity contribution is -0.130. The molecule has 4 aromatic rings. The number of ether oxygens (including phenoxy) is 4. The summed E-state index contributed by atoms with van der Waals surface area (Å²) in [6.07, 6.45) is 2.13. The lowest BCUT2D eigenvalue weighted by Gasteiger charge is -2.16. The van der Waals surface area contributed by atoms with Crippen LogP contribution in [-0.4, -0.2) is 23.9 Å². The third kappa shape index (κ3) is 8.93. The van der Waals surface area contributed by atoms with Gasteiger partial charge in [0.2, 0.25) is 0 Å². The minimum Gasteiger partial charge on any atom is -0.423 e. The van der Waals surface area contributed by atoms with E-state index in [9.17, 15) is 19.2 Å². The standard InChI is InChI=1S/C40H30O8/c1-7-36(41)45-32-19-15-30(16-20-32)29-13-11-27(12-14-29)9-10-28-23-34(47-39(43)25(3)4)38(35(24-28)48-40(44)26(5)6)31-17-21-33(22-18-31)46-37(42)8-2/h7-8,11-24H,1-3,5H2,4,6H3. The third-order valence-electron chi connectivity index (χ3n) is 6.51. The van der Waals surface area contributed by atoms with Crippen molar-refractivity contribution in [1.82, 2.24) is 0 Å². The van der Waals surface area contributed by atoms with Gasteiger partial charge in [-0.2, -0.15) is 0 Å². The van der Waals surface area contributed by atoms with E-state index >= 15 is 0 Å². The molecule has 0 amide bonds. The smallest absolute Gasteiger partial charge is 0.338 e. The molecule has 8 heteroatoms. The lowest BCUT2D eigenvalue weighted by Crippen LogP contribution is -2.12. The summed E-state index contributed by atoms with van der Waals surface area (Å²) in [5, 5.41) is 0. The Hall–Kier alpha value is -6.72. The fraction of sp³-hybridized carbons (Fsp3) is 0.0500. The van der Waals surface area contributed by atoms with Crippen molar-refractivity contribution in [1.29, 1.82) is 0 Å². The number of carbonyl (C=O) groups is 4. The molecule has 0 N–H and O–H groups in total. The summed E-state index contributed by atoms with van der Waals surface area (Å²) in [5.41, 5.74) is 3.96. The first-order valence-corrected chi connectivity index (χ1v) is 14.4. The quantitative estimate of drug-likeness (QED) is 0.0758. The molecular formula is C40H30O8. The molecule has 0 heterocycles. The number of benzene rings is 4. The fourth-order valence-electron chi connectivity index (χ4n) is 4.09. The first-order valence-electron chi connectivity index (χ1n) is 14.4. The van der Waals surface area contributed by atoms with Crippen molar-refractivity contribution in [2.24, 2.45) is 0 Å². The molecule has 0 aliphatic carbocycles. The molecule has 0 atom stereocenters. The highest BCUT2D eigenvalue weighted by Gasteiger charge is 2.21. The summed E-state index contributed by atoms with van der Waals surface area (Å²) in [4.78, 5) is 48.5. The molecular weight excluding hydrogens is 608 g/mol. The van der Waals surface area contributed by atoms with E-state index < -0.39 is 23.9 Å². The summed E-state index contributed by atoms with van der Waals surface area (Å²) in [6.45, 7) is 17.1. The van der Waals surface area contributed by atoms with Gasteiger partial charge in [-0.05, 0) is 79.1 Å². The zero-order valence-corrected chi connectivity index (χ0v) is 26.3. The van der Waals surface area contributed by atoms with Gasteiger partial charge < -0.3 is 18.9 Å². The molecule has 0 saturated heterocycles. The molecule has 0 spiro atoms. The van der Waals surface area contributed by atoms with Crippen LogP contribution in [0.4, 0.5) is 0 Å². The summed E-state index contributed by atoms with van der Waals surface area (Å²) >= 11 is 0. The van der Waals surface area contributed by atoms with Crippen LogP contribution in [0.15, 0.2) is 135 Å². The Balaban J connectivity index is 1.72. The van der Waals surface area contributed by atoms with E-state index in [1.807, 2.05) is 36.4 Å². The normalized spacial score (nSPS) is 9.96. The Labute approximate surface area is 278 Å². The van der Waals surface area contributed by atoms with Gasteiger partial charge >= 0.3 is 23.9 Å². The van der Waals surface area contributed by atoms with Gasteiger partial charge in [-0.15, -0.1) is 0 Å². The lowest BCUT2D eigenvalue weighted by atomic mass is 10.00. The molecule has 238 valence electrons. The summed E-state index contributed by atoms with van der Waals surface area (Å²) in [5.74, 6) is 4.36. The third-order valence-corrected chi connectivity index (χ3v) is 6.51. The maximum atomic E-state index is 12.7. The number of hydrogen-bond acceptors (Lipinski definition) is 8. The maximum absolute atomic E-state index is 12.7. The van der Waals surface area contributed by atoms with Crippen LogP contribution in [-0.2, 0) is 19.2 Å². The van der Waals surface area contributed by atoms with Crippen LogP contribution in [0.2, 0.25) is 0 Å². The van der Waals surface area contributed by atoms with Gasteiger partial charge in [-0.3, -0.25) is 0 Å². The highest BCUT2D eigenvalue weighted by Crippen LogP contribution is 2.41. The average Bonchev–Trinajstić information content (AvgIpc) is 3.08. The number of carbonyl (C=O) groups excluding carboxylic acids is 4. The summed E-state index contributed by atoms with van der Waals surface area (Å²) < 4.78 is 21.7. The highest BCUT2D eigenvalue weighted by molar-refractivity contribution is 5.94. The van der Waals surface area contributed by atoms with E-state index in [-0.39, 0.29) is 34.0 Å². The van der Waals surface area contributed by atoms with Gasteiger partial charge in [0, 0.05) is 34.4 Å². The molecule has 48 heavy (non-hydrogen) atoms. The van der Waals surface area contributed by atoms with Crippen molar-refractivity contribution in [3.8, 4) is 57.1 Å². The molecule has 0 bridgehead atoms. The monoisotopic (exact) mass is 638 g/mol. The van der Waals surface area contributed by atoms with Crippen molar-refractivity contribution in [2.75, 3.05) is 0 Å². The minimum absolute atomic E-state index is 0.0627. The van der Waals surface area contributed by atoms with Crippen LogP contribution in [0.3, 0.4) is 0 Å². The van der Waals surface area contributed by atoms with Gasteiger partial charge in [0.15, 0.2) is 0 Å². The van der Waals surface area contributed by atoms with E-state index in [2.05, 4.69) is 38.2 Å².